The molecule has 1 atom stereocenters. The van der Waals surface area contributed by atoms with E-state index in [0.29, 0.717) is 16.2 Å². The molecule has 0 saturated heterocycles. The molecule has 1 aromatic carbocycles. The summed E-state index contributed by atoms with van der Waals surface area (Å²) in [5, 5.41) is 6.97. The van der Waals surface area contributed by atoms with Crippen LogP contribution in [-0.2, 0) is 0 Å². The van der Waals surface area contributed by atoms with Crippen LogP contribution in [0, 0.1) is 0 Å². The maximum Gasteiger partial charge on any atom is 0.270 e. The lowest BCUT2D eigenvalue weighted by Crippen LogP contribution is -2.27. The predicted octanol–water partition coefficient (Wildman–Crippen LogP) is 3.84. The van der Waals surface area contributed by atoms with E-state index in [4.69, 9.17) is 11.6 Å². The van der Waals surface area contributed by atoms with Crippen LogP contribution in [0.5, 0.6) is 0 Å². The van der Waals surface area contributed by atoms with Crippen molar-refractivity contribution in [3.63, 3.8) is 0 Å². The average molecular weight is 318 g/mol. The van der Waals surface area contributed by atoms with Gasteiger partial charge in [-0.2, -0.15) is 0 Å². The number of carbonyl (C=O) groups is 1. The van der Waals surface area contributed by atoms with Crippen LogP contribution in [0.2, 0.25) is 5.02 Å². The SMILES string of the molecule is CC(NC(=O)c1cc(Cl)c2ccccc2n1)c1nccs1. The molecule has 0 aliphatic carbocycles. The zero-order valence-electron chi connectivity index (χ0n) is 11.2. The van der Waals surface area contributed by atoms with Crippen LogP contribution in [0.3, 0.4) is 0 Å². The summed E-state index contributed by atoms with van der Waals surface area (Å²) in [4.78, 5) is 20.8. The Kier molecular flexibility index (Phi) is 3.86. The largest absolute Gasteiger partial charge is 0.342 e. The van der Waals surface area contributed by atoms with Crippen LogP contribution >= 0.6 is 22.9 Å². The van der Waals surface area contributed by atoms with E-state index in [1.165, 1.54) is 11.3 Å². The molecule has 2 heterocycles. The smallest absolute Gasteiger partial charge is 0.270 e. The van der Waals surface area contributed by atoms with Crippen LogP contribution in [0.15, 0.2) is 41.9 Å². The summed E-state index contributed by atoms with van der Waals surface area (Å²) in [6.07, 6.45) is 1.72. The normalized spacial score (nSPS) is 12.3. The Hall–Kier alpha value is -1.98. The van der Waals surface area contributed by atoms with E-state index in [-0.39, 0.29) is 11.9 Å². The Morgan fingerprint density at radius 3 is 2.95 bits per heavy atom. The Morgan fingerprint density at radius 1 is 1.38 bits per heavy atom. The van der Waals surface area contributed by atoms with E-state index in [9.17, 15) is 4.79 Å². The molecule has 1 unspecified atom stereocenters. The van der Waals surface area contributed by atoms with Crippen molar-refractivity contribution in [3.8, 4) is 0 Å². The van der Waals surface area contributed by atoms with Gasteiger partial charge in [-0.25, -0.2) is 9.97 Å². The molecule has 4 nitrogen and oxygen atoms in total. The summed E-state index contributed by atoms with van der Waals surface area (Å²) in [6.45, 7) is 1.89. The van der Waals surface area contributed by atoms with E-state index in [0.717, 1.165) is 10.4 Å². The molecule has 0 spiro atoms. The molecule has 21 heavy (non-hydrogen) atoms. The van der Waals surface area contributed by atoms with Gasteiger partial charge >= 0.3 is 0 Å². The maximum atomic E-state index is 12.3. The average Bonchev–Trinajstić information content (AvgIpc) is 3.01. The first-order valence-corrected chi connectivity index (χ1v) is 7.66. The molecule has 1 N–H and O–H groups in total. The Morgan fingerprint density at radius 2 is 2.19 bits per heavy atom. The predicted molar refractivity (Wildman–Crippen MR) is 84.7 cm³/mol. The lowest BCUT2D eigenvalue weighted by molar-refractivity contribution is 0.0935. The zero-order valence-corrected chi connectivity index (χ0v) is 12.8. The fourth-order valence-electron chi connectivity index (χ4n) is 2.03. The minimum Gasteiger partial charge on any atom is -0.342 e. The van der Waals surface area contributed by atoms with Gasteiger partial charge in [0, 0.05) is 17.0 Å². The summed E-state index contributed by atoms with van der Waals surface area (Å²) in [6, 6.07) is 8.90. The lowest BCUT2D eigenvalue weighted by Gasteiger charge is -2.11. The van der Waals surface area contributed by atoms with Gasteiger partial charge in [-0.15, -0.1) is 11.3 Å². The van der Waals surface area contributed by atoms with Crippen LogP contribution < -0.4 is 5.32 Å². The van der Waals surface area contributed by atoms with E-state index >= 15 is 0 Å². The molecule has 3 rings (SSSR count). The second-order valence-corrected chi connectivity index (χ2v) is 5.91. The Labute approximate surface area is 130 Å². The van der Waals surface area contributed by atoms with Gasteiger partial charge in [0.25, 0.3) is 5.91 Å². The number of amides is 1. The second-order valence-electron chi connectivity index (χ2n) is 4.57. The third-order valence-electron chi connectivity index (χ3n) is 3.07. The Balaban J connectivity index is 1.88. The molecule has 0 fully saturated rings. The highest BCUT2D eigenvalue weighted by molar-refractivity contribution is 7.09. The number of carbonyl (C=O) groups excluding carboxylic acids is 1. The third-order valence-corrected chi connectivity index (χ3v) is 4.34. The van der Waals surface area contributed by atoms with Crippen LogP contribution in [0.1, 0.15) is 28.5 Å². The number of halogens is 1. The van der Waals surface area contributed by atoms with Gasteiger partial charge in [-0.3, -0.25) is 4.79 Å². The number of rotatable bonds is 3. The molecule has 3 aromatic rings. The molecular formula is C15H12ClN3OS. The first-order chi connectivity index (χ1) is 10.1. The van der Waals surface area contributed by atoms with Crippen molar-refractivity contribution in [1.82, 2.24) is 15.3 Å². The van der Waals surface area contributed by atoms with Gasteiger partial charge in [-0.05, 0) is 19.1 Å². The molecule has 1 amide bonds. The lowest BCUT2D eigenvalue weighted by atomic mass is 10.2. The maximum absolute atomic E-state index is 12.3. The van der Waals surface area contributed by atoms with E-state index < -0.39 is 0 Å². The summed E-state index contributed by atoms with van der Waals surface area (Å²) >= 11 is 7.71. The first-order valence-electron chi connectivity index (χ1n) is 6.40. The van der Waals surface area contributed by atoms with Crippen molar-refractivity contribution in [3.05, 3.63) is 57.6 Å². The number of para-hydroxylation sites is 1. The summed E-state index contributed by atoms with van der Waals surface area (Å²) in [7, 11) is 0. The number of hydrogen-bond donors (Lipinski definition) is 1. The molecule has 2 aromatic heterocycles. The summed E-state index contributed by atoms with van der Waals surface area (Å²) < 4.78 is 0. The quantitative estimate of drug-likeness (QED) is 0.798. The van der Waals surface area contributed by atoms with Crippen molar-refractivity contribution < 1.29 is 4.79 Å². The topological polar surface area (TPSA) is 54.9 Å². The van der Waals surface area contributed by atoms with Gasteiger partial charge in [0.15, 0.2) is 0 Å². The van der Waals surface area contributed by atoms with E-state index in [1.54, 1.807) is 12.3 Å². The number of benzene rings is 1. The van der Waals surface area contributed by atoms with E-state index in [2.05, 4.69) is 15.3 Å². The summed E-state index contributed by atoms with van der Waals surface area (Å²) in [5.74, 6) is -0.259. The number of fused-ring (bicyclic) bond motifs is 1. The number of pyridine rings is 1. The number of thiazole rings is 1. The van der Waals surface area contributed by atoms with Crippen LogP contribution in [0.4, 0.5) is 0 Å². The Bertz CT molecular complexity index is 789. The van der Waals surface area contributed by atoms with Crippen LogP contribution in [0.25, 0.3) is 10.9 Å². The zero-order chi connectivity index (χ0) is 14.8. The number of aromatic nitrogens is 2. The van der Waals surface area contributed by atoms with Gasteiger partial charge in [0.2, 0.25) is 0 Å². The standard InChI is InChI=1S/C15H12ClN3OS/c1-9(15-17-6-7-21-15)18-14(20)13-8-11(16)10-4-2-3-5-12(10)19-13/h2-9H,1H3,(H,18,20). The second kappa shape index (κ2) is 5.79. The highest BCUT2D eigenvalue weighted by atomic mass is 35.5. The molecule has 106 valence electrons. The molecule has 0 saturated carbocycles. The van der Waals surface area contributed by atoms with Gasteiger partial charge < -0.3 is 5.32 Å². The monoisotopic (exact) mass is 317 g/mol. The molecule has 0 radical (unpaired) electrons. The molecule has 0 aliphatic rings. The first kappa shape index (κ1) is 14.0. The number of nitrogens with one attached hydrogen (secondary N) is 1. The highest BCUT2D eigenvalue weighted by Gasteiger charge is 2.15. The van der Waals surface area contributed by atoms with Crippen molar-refractivity contribution in [2.75, 3.05) is 0 Å². The minimum atomic E-state index is -0.259. The van der Waals surface area contributed by atoms with Gasteiger partial charge in [-0.1, -0.05) is 29.8 Å². The van der Waals surface area contributed by atoms with Crippen molar-refractivity contribution in [2.24, 2.45) is 0 Å². The van der Waals surface area contributed by atoms with E-state index in [1.807, 2.05) is 36.6 Å². The van der Waals surface area contributed by atoms with Gasteiger partial charge in [0.1, 0.15) is 10.7 Å². The molecule has 6 heteroatoms. The van der Waals surface area contributed by atoms with Crippen LogP contribution in [-0.4, -0.2) is 15.9 Å². The minimum absolute atomic E-state index is 0.162. The fourth-order valence-corrected chi connectivity index (χ4v) is 2.94. The summed E-state index contributed by atoms with van der Waals surface area (Å²) in [5.41, 5.74) is 1.01. The number of nitrogens with zero attached hydrogens (tertiary/aromatic N) is 2. The van der Waals surface area contributed by atoms with Crippen molar-refractivity contribution in [2.45, 2.75) is 13.0 Å². The molecule has 0 aliphatic heterocycles. The van der Waals surface area contributed by atoms with Crippen molar-refractivity contribution >= 4 is 39.7 Å². The van der Waals surface area contributed by atoms with Gasteiger partial charge in [0.05, 0.1) is 16.6 Å². The highest BCUT2D eigenvalue weighted by Crippen LogP contribution is 2.23. The number of hydrogen-bond acceptors (Lipinski definition) is 4. The molecule has 0 bridgehead atoms. The third kappa shape index (κ3) is 2.89. The van der Waals surface area contributed by atoms with Crippen molar-refractivity contribution in [1.29, 1.82) is 0 Å². The molecular weight excluding hydrogens is 306 g/mol. The fraction of sp³-hybridized carbons (Fsp3) is 0.133.